The number of carboxylic acids is 1. The molecular weight excluding hydrogens is 206 g/mol. The third-order valence-electron chi connectivity index (χ3n) is 2.57. The summed E-state index contributed by atoms with van der Waals surface area (Å²) in [5, 5.41) is 8.73. The van der Waals surface area contributed by atoms with Gasteiger partial charge in [-0.3, -0.25) is 4.79 Å². The summed E-state index contributed by atoms with van der Waals surface area (Å²) in [5.74, 6) is -0.897. The van der Waals surface area contributed by atoms with Crippen LogP contribution in [0.15, 0.2) is 24.7 Å². The van der Waals surface area contributed by atoms with Crippen LogP contribution in [0.1, 0.15) is 23.7 Å². The summed E-state index contributed by atoms with van der Waals surface area (Å²) in [6, 6.07) is 3.18. The van der Waals surface area contributed by atoms with Crippen molar-refractivity contribution < 1.29 is 9.90 Å². The van der Waals surface area contributed by atoms with E-state index in [1.165, 1.54) is 0 Å². The van der Waals surface area contributed by atoms with Gasteiger partial charge in [0.1, 0.15) is 0 Å². The fraction of sp³-hybridized carbons (Fsp3) is 0.273. The number of carboxylic acid groups (broad SMARTS) is 1. The standard InChI is InChI=1S/C11H13N3O2/c1-7-11-8(9(12)5-10(15)16)3-2-4-14(11)6-13-7/h2-4,6,9H,5,12H2,1H3,(H,15,16). The van der Waals surface area contributed by atoms with Gasteiger partial charge in [0.15, 0.2) is 0 Å². The van der Waals surface area contributed by atoms with Crippen LogP contribution >= 0.6 is 0 Å². The van der Waals surface area contributed by atoms with Crippen LogP contribution in [0.4, 0.5) is 0 Å². The van der Waals surface area contributed by atoms with Crippen molar-refractivity contribution in [2.24, 2.45) is 5.73 Å². The Morgan fingerprint density at radius 3 is 3.12 bits per heavy atom. The normalized spacial score (nSPS) is 12.9. The molecule has 0 bridgehead atoms. The third kappa shape index (κ3) is 1.77. The highest BCUT2D eigenvalue weighted by Gasteiger charge is 2.15. The van der Waals surface area contributed by atoms with E-state index in [0.717, 1.165) is 16.8 Å². The number of aliphatic carboxylic acids is 1. The molecule has 16 heavy (non-hydrogen) atoms. The summed E-state index contributed by atoms with van der Waals surface area (Å²) in [6.45, 7) is 1.88. The van der Waals surface area contributed by atoms with Gasteiger partial charge in [-0.1, -0.05) is 6.07 Å². The average molecular weight is 219 g/mol. The highest BCUT2D eigenvalue weighted by Crippen LogP contribution is 2.22. The van der Waals surface area contributed by atoms with E-state index in [0.29, 0.717) is 0 Å². The lowest BCUT2D eigenvalue weighted by molar-refractivity contribution is -0.137. The summed E-state index contributed by atoms with van der Waals surface area (Å²) < 4.78 is 1.85. The first-order valence-electron chi connectivity index (χ1n) is 4.99. The highest BCUT2D eigenvalue weighted by atomic mass is 16.4. The molecular formula is C11H13N3O2. The minimum atomic E-state index is -0.897. The van der Waals surface area contributed by atoms with Gasteiger partial charge in [-0.2, -0.15) is 0 Å². The monoisotopic (exact) mass is 219 g/mol. The molecule has 0 radical (unpaired) electrons. The molecule has 0 fully saturated rings. The largest absolute Gasteiger partial charge is 0.481 e. The lowest BCUT2D eigenvalue weighted by Crippen LogP contribution is -2.16. The molecule has 2 rings (SSSR count). The number of aromatic nitrogens is 2. The van der Waals surface area contributed by atoms with E-state index >= 15 is 0 Å². The zero-order valence-electron chi connectivity index (χ0n) is 8.92. The second kappa shape index (κ2) is 3.94. The first-order valence-corrected chi connectivity index (χ1v) is 4.99. The number of imidazole rings is 1. The van der Waals surface area contributed by atoms with Crippen LogP contribution in [0, 0.1) is 6.92 Å². The van der Waals surface area contributed by atoms with E-state index < -0.39 is 12.0 Å². The molecule has 5 heteroatoms. The van der Waals surface area contributed by atoms with Crippen molar-refractivity contribution in [2.75, 3.05) is 0 Å². The summed E-state index contributed by atoms with van der Waals surface area (Å²) in [6.07, 6.45) is 3.48. The van der Waals surface area contributed by atoms with Gasteiger partial charge in [0.05, 0.1) is 24.0 Å². The lowest BCUT2D eigenvalue weighted by Gasteiger charge is -2.11. The molecule has 3 N–H and O–H groups in total. The van der Waals surface area contributed by atoms with Crippen LogP contribution in [0.3, 0.4) is 0 Å². The molecule has 1 unspecified atom stereocenters. The molecule has 5 nitrogen and oxygen atoms in total. The van der Waals surface area contributed by atoms with Gasteiger partial charge in [0.2, 0.25) is 0 Å². The van der Waals surface area contributed by atoms with E-state index in [4.69, 9.17) is 10.8 Å². The maximum Gasteiger partial charge on any atom is 0.305 e. The fourth-order valence-electron chi connectivity index (χ4n) is 1.84. The summed E-state index contributed by atoms with van der Waals surface area (Å²) in [7, 11) is 0. The predicted molar refractivity (Wildman–Crippen MR) is 59.1 cm³/mol. The molecule has 1 atom stereocenters. The number of carbonyl (C=O) groups is 1. The molecule has 0 saturated heterocycles. The van der Waals surface area contributed by atoms with Crippen LogP contribution in [0.5, 0.6) is 0 Å². The van der Waals surface area contributed by atoms with Crippen molar-refractivity contribution in [3.63, 3.8) is 0 Å². The van der Waals surface area contributed by atoms with Crippen LogP contribution in [0.25, 0.3) is 5.52 Å². The van der Waals surface area contributed by atoms with E-state index in [-0.39, 0.29) is 6.42 Å². The van der Waals surface area contributed by atoms with Gasteiger partial charge in [-0.25, -0.2) is 4.98 Å². The SMILES string of the molecule is Cc1ncn2cccc(C(N)CC(=O)O)c12. The first-order chi connectivity index (χ1) is 7.59. The number of nitrogens with zero attached hydrogens (tertiary/aromatic N) is 2. The Labute approximate surface area is 92.5 Å². The van der Waals surface area contributed by atoms with Gasteiger partial charge in [-0.15, -0.1) is 0 Å². The Hall–Kier alpha value is -1.88. The molecule has 0 aliphatic carbocycles. The van der Waals surface area contributed by atoms with Crippen molar-refractivity contribution in [3.05, 3.63) is 35.9 Å². The number of hydrogen-bond donors (Lipinski definition) is 2. The minimum absolute atomic E-state index is 0.0791. The fourth-order valence-corrected chi connectivity index (χ4v) is 1.84. The number of pyridine rings is 1. The van der Waals surface area contributed by atoms with Crippen molar-refractivity contribution in [2.45, 2.75) is 19.4 Å². The van der Waals surface area contributed by atoms with Crippen LogP contribution < -0.4 is 5.73 Å². The molecule has 2 heterocycles. The van der Waals surface area contributed by atoms with Crippen molar-refractivity contribution in [3.8, 4) is 0 Å². The average Bonchev–Trinajstić information content (AvgIpc) is 2.59. The number of rotatable bonds is 3. The van der Waals surface area contributed by atoms with Gasteiger partial charge in [0.25, 0.3) is 0 Å². The highest BCUT2D eigenvalue weighted by molar-refractivity contribution is 5.69. The summed E-state index contributed by atoms with van der Waals surface area (Å²) >= 11 is 0. The van der Waals surface area contributed by atoms with E-state index in [1.807, 2.05) is 29.7 Å². The zero-order chi connectivity index (χ0) is 11.7. The van der Waals surface area contributed by atoms with E-state index in [2.05, 4.69) is 4.98 Å². The maximum atomic E-state index is 10.6. The molecule has 0 amide bonds. The van der Waals surface area contributed by atoms with Crippen LogP contribution in [0.2, 0.25) is 0 Å². The second-order valence-electron chi connectivity index (χ2n) is 3.75. The third-order valence-corrected chi connectivity index (χ3v) is 2.57. The Bertz CT molecular complexity index is 533. The zero-order valence-corrected chi connectivity index (χ0v) is 8.92. The smallest absolute Gasteiger partial charge is 0.305 e. The molecule has 0 aliphatic heterocycles. The first kappa shape index (κ1) is 10.6. The minimum Gasteiger partial charge on any atom is -0.481 e. The topological polar surface area (TPSA) is 80.6 Å². The number of hydrogen-bond acceptors (Lipinski definition) is 3. The Balaban J connectivity index is 2.50. The maximum absolute atomic E-state index is 10.6. The number of fused-ring (bicyclic) bond motifs is 1. The molecule has 0 aliphatic rings. The Kier molecular flexibility index (Phi) is 2.62. The quantitative estimate of drug-likeness (QED) is 0.810. The molecule has 0 aromatic carbocycles. The van der Waals surface area contributed by atoms with Crippen molar-refractivity contribution >= 4 is 11.5 Å². The molecule has 0 spiro atoms. The van der Waals surface area contributed by atoms with Crippen LogP contribution in [-0.2, 0) is 4.79 Å². The van der Waals surface area contributed by atoms with Gasteiger partial charge < -0.3 is 15.2 Å². The van der Waals surface area contributed by atoms with Crippen LogP contribution in [-0.4, -0.2) is 20.5 Å². The Morgan fingerprint density at radius 2 is 2.44 bits per heavy atom. The van der Waals surface area contributed by atoms with Crippen molar-refractivity contribution in [1.82, 2.24) is 9.38 Å². The molecule has 84 valence electrons. The van der Waals surface area contributed by atoms with E-state index in [9.17, 15) is 4.79 Å². The summed E-state index contributed by atoms with van der Waals surface area (Å²) in [5.41, 5.74) is 8.44. The molecule has 2 aromatic rings. The van der Waals surface area contributed by atoms with E-state index in [1.54, 1.807) is 6.33 Å². The summed E-state index contributed by atoms with van der Waals surface area (Å²) in [4.78, 5) is 14.8. The van der Waals surface area contributed by atoms with Gasteiger partial charge in [-0.05, 0) is 18.6 Å². The predicted octanol–water partition coefficient (Wildman–Crippen LogP) is 1.12. The molecule has 0 saturated carbocycles. The Morgan fingerprint density at radius 1 is 1.69 bits per heavy atom. The van der Waals surface area contributed by atoms with Gasteiger partial charge >= 0.3 is 5.97 Å². The molecule has 2 aromatic heterocycles. The van der Waals surface area contributed by atoms with Crippen molar-refractivity contribution in [1.29, 1.82) is 0 Å². The number of aryl methyl sites for hydroxylation is 1. The second-order valence-corrected chi connectivity index (χ2v) is 3.75. The van der Waals surface area contributed by atoms with Gasteiger partial charge in [0, 0.05) is 12.2 Å². The lowest BCUT2D eigenvalue weighted by atomic mass is 10.0. The number of nitrogens with two attached hydrogens (primary N) is 1.